The van der Waals surface area contributed by atoms with E-state index in [1.807, 2.05) is 0 Å². The van der Waals surface area contributed by atoms with Crippen molar-refractivity contribution in [3.8, 4) is 0 Å². The molecule has 0 fully saturated rings. The first-order valence-electron chi connectivity index (χ1n) is 2.92. The van der Waals surface area contributed by atoms with Crippen molar-refractivity contribution in [2.24, 2.45) is 0 Å². The van der Waals surface area contributed by atoms with Crippen LogP contribution in [0.3, 0.4) is 0 Å². The summed E-state index contributed by atoms with van der Waals surface area (Å²) >= 11 is 6.02. The summed E-state index contributed by atoms with van der Waals surface area (Å²) in [6.07, 6.45) is -2.62. The van der Waals surface area contributed by atoms with Crippen LogP contribution in [0.5, 0.6) is 0 Å². The molecule has 0 aliphatic carbocycles. The fraction of sp³-hybridized carbons (Fsp3) is 0.167. The normalized spacial score (nSPS) is 10.8. The lowest BCUT2D eigenvalue weighted by atomic mass is 10.3. The Morgan fingerprint density at radius 2 is 1.92 bits per heavy atom. The summed E-state index contributed by atoms with van der Waals surface area (Å²) in [6.45, 7) is 0. The average molecular weight is 302 g/mol. The van der Waals surface area contributed by atoms with Gasteiger partial charge in [0.1, 0.15) is 11.5 Å². The van der Waals surface area contributed by atoms with Crippen LogP contribution in [0.15, 0.2) is 15.0 Å². The fourth-order valence-electron chi connectivity index (χ4n) is 0.649. The molecule has 0 atom stereocenters. The lowest BCUT2D eigenvalue weighted by molar-refractivity contribution is 0.145. The largest absolute Gasteiger partial charge is 0.383 e. The maximum Gasteiger partial charge on any atom is 0.281 e. The van der Waals surface area contributed by atoms with Crippen LogP contribution in [0, 0.1) is 0 Å². The Bertz CT molecular complexity index is 304. The van der Waals surface area contributed by atoms with Crippen LogP contribution in [0.4, 0.5) is 14.6 Å². The van der Waals surface area contributed by atoms with E-state index in [2.05, 4.69) is 36.8 Å². The number of nitrogens with zero attached hydrogens (tertiary/aromatic N) is 1. The number of rotatable bonds is 1. The highest BCUT2D eigenvalue weighted by molar-refractivity contribution is 9.11. The lowest BCUT2D eigenvalue weighted by Crippen LogP contribution is -1.98. The standard InChI is InChI=1S/C6H4Br2F2N2/c7-2-1-3(8)6(11)12-4(2)5(9)10/h1,5H,(H2,11,12). The number of hydrogen-bond acceptors (Lipinski definition) is 2. The molecule has 2 nitrogen and oxygen atoms in total. The zero-order chi connectivity index (χ0) is 9.30. The van der Waals surface area contributed by atoms with Crippen LogP contribution < -0.4 is 5.73 Å². The first-order chi connectivity index (χ1) is 5.52. The molecule has 0 aliphatic heterocycles. The molecule has 0 unspecified atom stereocenters. The van der Waals surface area contributed by atoms with Gasteiger partial charge in [-0.3, -0.25) is 0 Å². The van der Waals surface area contributed by atoms with Crippen LogP contribution >= 0.6 is 31.9 Å². The number of pyridine rings is 1. The van der Waals surface area contributed by atoms with E-state index in [1.165, 1.54) is 6.07 Å². The Balaban J connectivity index is 3.23. The molecule has 0 amide bonds. The molecule has 0 saturated heterocycles. The van der Waals surface area contributed by atoms with Crippen molar-refractivity contribution in [3.63, 3.8) is 0 Å². The van der Waals surface area contributed by atoms with Gasteiger partial charge in [-0.05, 0) is 37.9 Å². The molecule has 0 spiro atoms. The van der Waals surface area contributed by atoms with Crippen LogP contribution in [0.1, 0.15) is 12.1 Å². The van der Waals surface area contributed by atoms with E-state index < -0.39 is 6.43 Å². The quantitative estimate of drug-likeness (QED) is 0.865. The van der Waals surface area contributed by atoms with Crippen molar-refractivity contribution >= 4 is 37.7 Å². The molecule has 0 saturated carbocycles. The Kier molecular flexibility index (Phi) is 3.00. The summed E-state index contributed by atoms with van der Waals surface area (Å²) in [4.78, 5) is 3.51. The predicted octanol–water partition coefficient (Wildman–Crippen LogP) is 3.13. The highest BCUT2D eigenvalue weighted by Gasteiger charge is 2.15. The van der Waals surface area contributed by atoms with E-state index in [4.69, 9.17) is 5.73 Å². The number of alkyl halides is 2. The van der Waals surface area contributed by atoms with E-state index in [0.717, 1.165) is 0 Å². The molecule has 1 heterocycles. The van der Waals surface area contributed by atoms with E-state index in [9.17, 15) is 8.78 Å². The molecule has 1 rings (SSSR count). The third-order valence-electron chi connectivity index (χ3n) is 1.19. The monoisotopic (exact) mass is 300 g/mol. The molecule has 0 aromatic carbocycles. The highest BCUT2D eigenvalue weighted by atomic mass is 79.9. The molecule has 0 radical (unpaired) electrons. The van der Waals surface area contributed by atoms with Gasteiger partial charge in [-0.25, -0.2) is 13.8 Å². The topological polar surface area (TPSA) is 38.9 Å². The van der Waals surface area contributed by atoms with E-state index in [-0.39, 0.29) is 16.0 Å². The molecular formula is C6H4Br2F2N2. The number of aromatic nitrogens is 1. The summed E-state index contributed by atoms with van der Waals surface area (Å²) in [5.41, 5.74) is 4.98. The third-order valence-corrected chi connectivity index (χ3v) is 2.46. The molecular weight excluding hydrogens is 298 g/mol. The Hall–Kier alpha value is -0.230. The second-order valence-electron chi connectivity index (χ2n) is 2.02. The molecule has 1 aromatic heterocycles. The summed E-state index contributed by atoms with van der Waals surface area (Å²) in [6, 6.07) is 1.45. The summed E-state index contributed by atoms with van der Waals surface area (Å²) in [5.74, 6) is 0.0634. The van der Waals surface area contributed by atoms with Gasteiger partial charge in [0.25, 0.3) is 6.43 Å². The minimum absolute atomic E-state index is 0.0634. The van der Waals surface area contributed by atoms with Gasteiger partial charge >= 0.3 is 0 Å². The fourth-order valence-corrected chi connectivity index (χ4v) is 1.76. The summed E-state index contributed by atoms with van der Waals surface area (Å²) in [5, 5.41) is 0. The van der Waals surface area contributed by atoms with Gasteiger partial charge in [0.2, 0.25) is 0 Å². The molecule has 6 heteroatoms. The van der Waals surface area contributed by atoms with Crippen LogP contribution in [0.25, 0.3) is 0 Å². The number of nitrogen functional groups attached to an aromatic ring is 1. The average Bonchev–Trinajstić information content (AvgIpc) is 1.96. The Labute approximate surface area is 84.4 Å². The van der Waals surface area contributed by atoms with E-state index >= 15 is 0 Å². The smallest absolute Gasteiger partial charge is 0.281 e. The summed E-state index contributed by atoms with van der Waals surface area (Å²) < 4.78 is 25.1. The van der Waals surface area contributed by atoms with Crippen molar-refractivity contribution < 1.29 is 8.78 Å². The minimum Gasteiger partial charge on any atom is -0.383 e. The van der Waals surface area contributed by atoms with Crippen molar-refractivity contribution in [1.82, 2.24) is 4.98 Å². The molecule has 1 aromatic rings. The minimum atomic E-state index is -2.62. The summed E-state index contributed by atoms with van der Waals surface area (Å²) in [7, 11) is 0. The van der Waals surface area contributed by atoms with Gasteiger partial charge in [0.15, 0.2) is 0 Å². The van der Waals surface area contributed by atoms with Crippen LogP contribution in [-0.4, -0.2) is 4.98 Å². The van der Waals surface area contributed by atoms with Gasteiger partial charge < -0.3 is 5.73 Å². The zero-order valence-electron chi connectivity index (χ0n) is 5.69. The van der Waals surface area contributed by atoms with E-state index in [0.29, 0.717) is 4.47 Å². The zero-order valence-corrected chi connectivity index (χ0v) is 8.86. The van der Waals surface area contributed by atoms with Crippen molar-refractivity contribution in [2.75, 3.05) is 5.73 Å². The van der Waals surface area contributed by atoms with Crippen molar-refractivity contribution in [3.05, 3.63) is 20.7 Å². The number of hydrogen-bond donors (Lipinski definition) is 1. The van der Waals surface area contributed by atoms with E-state index in [1.54, 1.807) is 0 Å². The Morgan fingerprint density at radius 1 is 1.33 bits per heavy atom. The molecule has 66 valence electrons. The van der Waals surface area contributed by atoms with Gasteiger partial charge in [-0.1, -0.05) is 0 Å². The van der Waals surface area contributed by atoms with Gasteiger partial charge in [0.05, 0.1) is 4.47 Å². The Morgan fingerprint density at radius 3 is 2.42 bits per heavy atom. The van der Waals surface area contributed by atoms with Gasteiger partial charge in [-0.2, -0.15) is 0 Å². The molecule has 0 bridgehead atoms. The molecule has 0 aliphatic rings. The number of halogens is 4. The second kappa shape index (κ2) is 3.66. The molecule has 2 N–H and O–H groups in total. The predicted molar refractivity (Wildman–Crippen MR) is 49.0 cm³/mol. The number of anilines is 1. The first-order valence-corrected chi connectivity index (χ1v) is 4.50. The lowest BCUT2D eigenvalue weighted by Gasteiger charge is -2.04. The highest BCUT2D eigenvalue weighted by Crippen LogP contribution is 2.30. The maximum absolute atomic E-state index is 12.2. The van der Waals surface area contributed by atoms with Gasteiger partial charge in [-0.15, -0.1) is 0 Å². The SMILES string of the molecule is Nc1nc(C(F)F)c(Br)cc1Br. The third kappa shape index (κ3) is 1.92. The van der Waals surface area contributed by atoms with Crippen LogP contribution in [-0.2, 0) is 0 Å². The maximum atomic E-state index is 12.2. The van der Waals surface area contributed by atoms with Crippen molar-refractivity contribution in [1.29, 1.82) is 0 Å². The number of nitrogens with two attached hydrogens (primary N) is 1. The van der Waals surface area contributed by atoms with Crippen molar-refractivity contribution in [2.45, 2.75) is 6.43 Å². The molecule has 12 heavy (non-hydrogen) atoms. The first kappa shape index (κ1) is 9.85. The van der Waals surface area contributed by atoms with Gasteiger partial charge in [0, 0.05) is 4.47 Å². The van der Waals surface area contributed by atoms with Crippen LogP contribution in [0.2, 0.25) is 0 Å². The second-order valence-corrected chi connectivity index (χ2v) is 3.73.